The summed E-state index contributed by atoms with van der Waals surface area (Å²) < 4.78 is 5.85. The normalized spacial score (nSPS) is 11.8. The van der Waals surface area contributed by atoms with E-state index < -0.39 is 6.04 Å². The van der Waals surface area contributed by atoms with Crippen molar-refractivity contribution in [2.24, 2.45) is 0 Å². The summed E-state index contributed by atoms with van der Waals surface area (Å²) in [7, 11) is 0. The molecule has 0 spiro atoms. The minimum absolute atomic E-state index is 0.00802. The average Bonchev–Trinajstić information content (AvgIpc) is 2.67. The van der Waals surface area contributed by atoms with E-state index in [1.807, 2.05) is 84.0 Å². The Hall–Kier alpha value is -2.82. The third-order valence-electron chi connectivity index (χ3n) is 4.95. The number of nitrogens with zero attached hydrogens (tertiary/aromatic N) is 1. The maximum Gasteiger partial charge on any atom is 0.261 e. The highest BCUT2D eigenvalue weighted by atomic mass is 16.5. The largest absolute Gasteiger partial charge is 0.483 e. The van der Waals surface area contributed by atoms with E-state index in [0.29, 0.717) is 18.7 Å². The fourth-order valence-corrected chi connectivity index (χ4v) is 3.39. The molecule has 0 saturated carbocycles. The Morgan fingerprint density at radius 1 is 1.03 bits per heavy atom. The van der Waals surface area contributed by atoms with Gasteiger partial charge in [0.15, 0.2) is 6.61 Å². The lowest BCUT2D eigenvalue weighted by molar-refractivity contribution is -0.143. The minimum Gasteiger partial charge on any atom is -0.483 e. The van der Waals surface area contributed by atoms with Crippen LogP contribution in [0.15, 0.2) is 42.5 Å². The number of benzene rings is 2. The zero-order valence-electron chi connectivity index (χ0n) is 19.0. The summed E-state index contributed by atoms with van der Waals surface area (Å²) in [5.41, 5.74) is 4.16. The van der Waals surface area contributed by atoms with Crippen LogP contribution >= 0.6 is 0 Å². The lowest BCUT2D eigenvalue weighted by Crippen LogP contribution is -2.51. The number of carbonyl (C=O) groups excluding carboxylic acids is 2. The first-order valence-electron chi connectivity index (χ1n) is 10.6. The van der Waals surface area contributed by atoms with Crippen LogP contribution in [0.3, 0.4) is 0 Å². The van der Waals surface area contributed by atoms with E-state index >= 15 is 0 Å². The summed E-state index contributed by atoms with van der Waals surface area (Å²) in [6, 6.07) is 13.4. The molecule has 0 aromatic heterocycles. The van der Waals surface area contributed by atoms with Gasteiger partial charge in [-0.2, -0.15) is 0 Å². The highest BCUT2D eigenvalue weighted by molar-refractivity contribution is 5.88. The molecule has 0 heterocycles. The van der Waals surface area contributed by atoms with Gasteiger partial charge in [-0.15, -0.1) is 0 Å². The van der Waals surface area contributed by atoms with Gasteiger partial charge in [0, 0.05) is 12.6 Å². The van der Waals surface area contributed by atoms with Crippen molar-refractivity contribution in [3.05, 3.63) is 64.7 Å². The average molecular weight is 411 g/mol. The van der Waals surface area contributed by atoms with E-state index in [9.17, 15) is 9.59 Å². The monoisotopic (exact) mass is 410 g/mol. The maximum absolute atomic E-state index is 13.2. The Morgan fingerprint density at radius 3 is 2.37 bits per heavy atom. The summed E-state index contributed by atoms with van der Waals surface area (Å²) in [5.74, 6) is 0.349. The van der Waals surface area contributed by atoms with E-state index in [-0.39, 0.29) is 24.5 Å². The topological polar surface area (TPSA) is 58.6 Å². The number of aryl methyl sites for hydroxylation is 3. The van der Waals surface area contributed by atoms with Crippen LogP contribution in [0.4, 0.5) is 0 Å². The molecule has 1 N–H and O–H groups in total. The van der Waals surface area contributed by atoms with E-state index in [4.69, 9.17) is 4.74 Å². The minimum atomic E-state index is -0.553. The van der Waals surface area contributed by atoms with E-state index in [2.05, 4.69) is 5.32 Å². The molecule has 0 saturated heterocycles. The van der Waals surface area contributed by atoms with E-state index in [1.165, 1.54) is 0 Å². The molecule has 0 unspecified atom stereocenters. The van der Waals surface area contributed by atoms with Gasteiger partial charge in [-0.1, -0.05) is 48.9 Å². The van der Waals surface area contributed by atoms with Crippen LogP contribution in [0.2, 0.25) is 0 Å². The second kappa shape index (κ2) is 10.8. The number of nitrogens with one attached hydrogen (secondary N) is 1. The first-order valence-corrected chi connectivity index (χ1v) is 10.6. The van der Waals surface area contributed by atoms with Gasteiger partial charge in [0.1, 0.15) is 11.8 Å². The standard InChI is InChI=1S/C25H34N2O3/c1-7-22(25(29)26-17(2)3)27(15-21-10-8-9-18(4)13-21)24(28)16-30-23-14-19(5)11-12-20(23)6/h8-14,17,22H,7,15-16H2,1-6H3,(H,26,29)/t22-/m0/s1. The van der Waals surface area contributed by atoms with Crippen LogP contribution in [0.25, 0.3) is 0 Å². The van der Waals surface area contributed by atoms with Gasteiger partial charge in [0.2, 0.25) is 5.91 Å². The molecular formula is C25H34N2O3. The number of hydrogen-bond donors (Lipinski definition) is 1. The van der Waals surface area contributed by atoms with Gasteiger partial charge in [-0.25, -0.2) is 0 Å². The number of amides is 2. The summed E-state index contributed by atoms with van der Waals surface area (Å²) in [5, 5.41) is 2.94. The number of rotatable bonds is 9. The van der Waals surface area contributed by atoms with Crippen LogP contribution < -0.4 is 10.1 Å². The molecule has 0 radical (unpaired) electrons. The fourth-order valence-electron chi connectivity index (χ4n) is 3.39. The third-order valence-corrected chi connectivity index (χ3v) is 4.95. The molecular weight excluding hydrogens is 376 g/mol. The second-order valence-corrected chi connectivity index (χ2v) is 8.16. The Kier molecular flexibility index (Phi) is 8.46. The van der Waals surface area contributed by atoms with Gasteiger partial charge in [-0.05, 0) is 63.8 Å². The zero-order valence-corrected chi connectivity index (χ0v) is 19.0. The van der Waals surface area contributed by atoms with Crippen LogP contribution in [-0.4, -0.2) is 35.4 Å². The molecule has 5 heteroatoms. The molecule has 0 bridgehead atoms. The van der Waals surface area contributed by atoms with Crippen LogP contribution in [0, 0.1) is 20.8 Å². The van der Waals surface area contributed by atoms with Gasteiger partial charge in [0.05, 0.1) is 0 Å². The Labute approximate surface area is 180 Å². The summed E-state index contributed by atoms with van der Waals surface area (Å²) >= 11 is 0. The highest BCUT2D eigenvalue weighted by Gasteiger charge is 2.29. The van der Waals surface area contributed by atoms with Crippen molar-refractivity contribution in [3.8, 4) is 5.75 Å². The lowest BCUT2D eigenvalue weighted by Gasteiger charge is -2.31. The molecule has 30 heavy (non-hydrogen) atoms. The number of ether oxygens (including phenoxy) is 1. The first kappa shape index (κ1) is 23.5. The smallest absolute Gasteiger partial charge is 0.261 e. The molecule has 2 amide bonds. The van der Waals surface area contributed by atoms with Gasteiger partial charge < -0.3 is 15.0 Å². The zero-order chi connectivity index (χ0) is 22.3. The molecule has 0 aliphatic carbocycles. The molecule has 0 aliphatic heterocycles. The predicted molar refractivity (Wildman–Crippen MR) is 120 cm³/mol. The maximum atomic E-state index is 13.2. The quantitative estimate of drug-likeness (QED) is 0.670. The van der Waals surface area contributed by atoms with Gasteiger partial charge in [-0.3, -0.25) is 9.59 Å². The van der Waals surface area contributed by atoms with Crippen LogP contribution in [0.5, 0.6) is 5.75 Å². The summed E-state index contributed by atoms with van der Waals surface area (Å²) in [6.07, 6.45) is 0.527. The molecule has 0 fully saturated rings. The summed E-state index contributed by atoms with van der Waals surface area (Å²) in [4.78, 5) is 27.7. The summed E-state index contributed by atoms with van der Waals surface area (Å²) in [6.45, 7) is 12.0. The highest BCUT2D eigenvalue weighted by Crippen LogP contribution is 2.20. The first-order chi connectivity index (χ1) is 14.2. The van der Waals surface area contributed by atoms with Gasteiger partial charge in [0.25, 0.3) is 5.91 Å². The van der Waals surface area contributed by atoms with Crippen LogP contribution in [-0.2, 0) is 16.1 Å². The van der Waals surface area contributed by atoms with Crippen molar-refractivity contribution in [1.29, 1.82) is 0 Å². The van der Waals surface area contributed by atoms with E-state index in [0.717, 1.165) is 22.3 Å². The molecule has 2 aromatic rings. The Balaban J connectivity index is 2.25. The Bertz CT molecular complexity index is 876. The SMILES string of the molecule is CC[C@@H](C(=O)NC(C)C)N(Cc1cccc(C)c1)C(=O)COc1cc(C)ccc1C. The molecule has 5 nitrogen and oxygen atoms in total. The Morgan fingerprint density at radius 2 is 1.73 bits per heavy atom. The molecule has 2 aromatic carbocycles. The van der Waals surface area contributed by atoms with Crippen molar-refractivity contribution in [3.63, 3.8) is 0 Å². The molecule has 1 atom stereocenters. The van der Waals surface area contributed by atoms with Crippen LogP contribution in [0.1, 0.15) is 49.4 Å². The molecule has 162 valence electrons. The van der Waals surface area contributed by atoms with Crippen molar-refractivity contribution >= 4 is 11.8 Å². The van der Waals surface area contributed by atoms with Crippen molar-refractivity contribution in [2.45, 2.75) is 66.6 Å². The second-order valence-electron chi connectivity index (χ2n) is 8.16. The van der Waals surface area contributed by atoms with Crippen molar-refractivity contribution < 1.29 is 14.3 Å². The van der Waals surface area contributed by atoms with Crippen molar-refractivity contribution in [1.82, 2.24) is 10.2 Å². The fraction of sp³-hybridized carbons (Fsp3) is 0.440. The molecule has 0 aliphatic rings. The van der Waals surface area contributed by atoms with Gasteiger partial charge >= 0.3 is 0 Å². The third kappa shape index (κ3) is 6.61. The number of hydrogen-bond acceptors (Lipinski definition) is 3. The molecule has 2 rings (SSSR count). The number of carbonyl (C=O) groups is 2. The van der Waals surface area contributed by atoms with E-state index in [1.54, 1.807) is 4.90 Å². The predicted octanol–water partition coefficient (Wildman–Crippen LogP) is 4.32. The lowest BCUT2D eigenvalue weighted by atomic mass is 10.1. The van der Waals surface area contributed by atoms with Crippen molar-refractivity contribution in [2.75, 3.05) is 6.61 Å².